The number of hydrogen-bond donors (Lipinski definition) is 1. The van der Waals surface area contributed by atoms with E-state index in [1.165, 1.54) is 16.9 Å². The number of anilines is 2. The SMILES string of the molecule is COc1ccc(CN2C(=O)CCN(c3ccc(N4CCN(C(=O)O)C[C@H]4C)nc3)C2=O)c(OC)c1. The number of nitrogens with zero attached hydrogens (tertiary/aromatic N) is 5. The molecule has 2 saturated heterocycles. The van der Waals surface area contributed by atoms with E-state index in [4.69, 9.17) is 9.47 Å². The van der Waals surface area contributed by atoms with Gasteiger partial charge in [-0.15, -0.1) is 0 Å². The number of hydrogen-bond acceptors (Lipinski definition) is 7. The van der Waals surface area contributed by atoms with Crippen LogP contribution in [0.5, 0.6) is 11.5 Å². The van der Waals surface area contributed by atoms with Gasteiger partial charge in [0.2, 0.25) is 5.91 Å². The lowest BCUT2D eigenvalue weighted by Gasteiger charge is -2.39. The van der Waals surface area contributed by atoms with E-state index in [-0.39, 0.29) is 31.5 Å². The van der Waals surface area contributed by atoms with Gasteiger partial charge < -0.3 is 24.4 Å². The minimum absolute atomic E-state index is 0.0255. The molecule has 0 radical (unpaired) electrons. The van der Waals surface area contributed by atoms with Crippen LogP contribution < -0.4 is 19.3 Å². The third-order valence-electron chi connectivity index (χ3n) is 6.37. The standard InChI is InChI=1S/C24H29N5O6/c1-16-14-26(24(32)33)10-11-27(16)21-7-5-18(13-25-21)28-9-8-22(30)29(23(28)31)15-17-4-6-19(34-2)12-20(17)35-3/h4-7,12-13,16H,8-11,14-15H2,1-3H3,(H,32,33)/t16-/m1/s1. The van der Waals surface area contributed by atoms with Crippen LogP contribution in [0.25, 0.3) is 0 Å². The van der Waals surface area contributed by atoms with Crippen molar-refractivity contribution < 1.29 is 29.0 Å². The van der Waals surface area contributed by atoms with Gasteiger partial charge in [0.15, 0.2) is 0 Å². The average molecular weight is 484 g/mol. The van der Waals surface area contributed by atoms with E-state index in [1.54, 1.807) is 42.5 Å². The summed E-state index contributed by atoms with van der Waals surface area (Å²) in [7, 11) is 3.08. The summed E-state index contributed by atoms with van der Waals surface area (Å²) in [6, 6.07) is 8.43. The molecule has 4 amide bonds. The summed E-state index contributed by atoms with van der Waals surface area (Å²) in [6.45, 7) is 3.64. The molecule has 0 unspecified atom stereocenters. The zero-order chi connectivity index (χ0) is 25.1. The van der Waals surface area contributed by atoms with Crippen LogP contribution in [0.3, 0.4) is 0 Å². The van der Waals surface area contributed by atoms with E-state index >= 15 is 0 Å². The minimum atomic E-state index is -0.922. The van der Waals surface area contributed by atoms with Crippen molar-refractivity contribution in [1.82, 2.24) is 14.8 Å². The van der Waals surface area contributed by atoms with Gasteiger partial charge in [0.1, 0.15) is 17.3 Å². The van der Waals surface area contributed by atoms with E-state index in [0.29, 0.717) is 48.2 Å². The lowest BCUT2D eigenvalue weighted by molar-refractivity contribution is -0.129. The van der Waals surface area contributed by atoms with Gasteiger partial charge in [-0.1, -0.05) is 0 Å². The second kappa shape index (κ2) is 10.1. The van der Waals surface area contributed by atoms with Crippen LogP contribution in [-0.4, -0.2) is 84.4 Å². The van der Waals surface area contributed by atoms with Crippen LogP contribution in [-0.2, 0) is 11.3 Å². The van der Waals surface area contributed by atoms with Gasteiger partial charge >= 0.3 is 12.1 Å². The van der Waals surface area contributed by atoms with Crippen molar-refractivity contribution in [1.29, 1.82) is 0 Å². The fraction of sp³-hybridized carbons (Fsp3) is 0.417. The number of imide groups is 1. The molecule has 0 saturated carbocycles. The van der Waals surface area contributed by atoms with E-state index in [2.05, 4.69) is 4.98 Å². The maximum absolute atomic E-state index is 13.3. The number of benzene rings is 1. The number of rotatable bonds is 6. The fourth-order valence-corrected chi connectivity index (χ4v) is 4.42. The van der Waals surface area contributed by atoms with Crippen molar-refractivity contribution in [2.24, 2.45) is 0 Å². The van der Waals surface area contributed by atoms with Gasteiger partial charge in [-0.05, 0) is 31.2 Å². The first kappa shape index (κ1) is 24.1. The van der Waals surface area contributed by atoms with Crippen LogP contribution in [0.4, 0.5) is 21.1 Å². The van der Waals surface area contributed by atoms with Crippen molar-refractivity contribution in [3.8, 4) is 11.5 Å². The summed E-state index contributed by atoms with van der Waals surface area (Å²) in [5.74, 6) is 1.61. The number of aromatic nitrogens is 1. The largest absolute Gasteiger partial charge is 0.497 e. The summed E-state index contributed by atoms with van der Waals surface area (Å²) in [4.78, 5) is 47.9. The van der Waals surface area contributed by atoms with Crippen LogP contribution in [0, 0.1) is 0 Å². The zero-order valence-electron chi connectivity index (χ0n) is 20.0. The Hall–Kier alpha value is -4.02. The Morgan fingerprint density at radius 1 is 1.11 bits per heavy atom. The van der Waals surface area contributed by atoms with Crippen molar-refractivity contribution >= 4 is 29.5 Å². The Labute approximate surface area is 203 Å². The van der Waals surface area contributed by atoms with Gasteiger partial charge in [0, 0.05) is 50.3 Å². The monoisotopic (exact) mass is 483 g/mol. The fourth-order valence-electron chi connectivity index (χ4n) is 4.42. The Kier molecular flexibility index (Phi) is 6.94. The maximum Gasteiger partial charge on any atom is 0.407 e. The summed E-state index contributed by atoms with van der Waals surface area (Å²) < 4.78 is 10.6. The van der Waals surface area contributed by atoms with Crippen molar-refractivity contribution in [2.75, 3.05) is 50.2 Å². The molecule has 1 aromatic carbocycles. The smallest absolute Gasteiger partial charge is 0.407 e. The molecular weight excluding hydrogens is 454 g/mol. The number of urea groups is 1. The summed E-state index contributed by atoms with van der Waals surface area (Å²) >= 11 is 0. The van der Waals surface area contributed by atoms with Gasteiger partial charge in [0.25, 0.3) is 0 Å². The second-order valence-electron chi connectivity index (χ2n) is 8.49. The maximum atomic E-state index is 13.3. The van der Waals surface area contributed by atoms with E-state index in [0.717, 1.165) is 0 Å². The topological polar surface area (TPSA) is 116 Å². The molecule has 2 aliphatic heterocycles. The number of piperazine rings is 1. The molecule has 2 fully saturated rings. The highest BCUT2D eigenvalue weighted by Crippen LogP contribution is 2.29. The van der Waals surface area contributed by atoms with Crippen molar-refractivity contribution in [3.05, 3.63) is 42.1 Å². The molecule has 186 valence electrons. The van der Waals surface area contributed by atoms with Gasteiger partial charge in [-0.2, -0.15) is 0 Å². The average Bonchev–Trinajstić information content (AvgIpc) is 2.86. The van der Waals surface area contributed by atoms with Crippen LogP contribution in [0.1, 0.15) is 18.9 Å². The first-order valence-electron chi connectivity index (χ1n) is 11.4. The molecule has 4 rings (SSSR count). The summed E-state index contributed by atoms with van der Waals surface area (Å²) in [5, 5.41) is 9.22. The summed E-state index contributed by atoms with van der Waals surface area (Å²) in [6.07, 6.45) is 0.890. The molecule has 0 spiro atoms. The van der Waals surface area contributed by atoms with E-state index < -0.39 is 12.1 Å². The molecule has 2 aromatic rings. The molecule has 0 aliphatic carbocycles. The highest BCUT2D eigenvalue weighted by Gasteiger charge is 2.34. The molecule has 3 heterocycles. The molecular formula is C24H29N5O6. The van der Waals surface area contributed by atoms with Crippen molar-refractivity contribution in [3.63, 3.8) is 0 Å². The lowest BCUT2D eigenvalue weighted by atomic mass is 10.1. The Balaban J connectivity index is 1.48. The van der Waals surface area contributed by atoms with E-state index in [1.807, 2.05) is 17.9 Å². The van der Waals surface area contributed by atoms with Crippen molar-refractivity contribution in [2.45, 2.75) is 25.9 Å². The Bertz CT molecular complexity index is 1110. The number of ether oxygens (including phenoxy) is 2. The number of amides is 4. The van der Waals surface area contributed by atoms with Crippen LogP contribution in [0.2, 0.25) is 0 Å². The number of carbonyl (C=O) groups excluding carboxylic acids is 2. The first-order chi connectivity index (χ1) is 16.8. The predicted octanol–water partition coefficient (Wildman–Crippen LogP) is 2.65. The van der Waals surface area contributed by atoms with Crippen LogP contribution >= 0.6 is 0 Å². The number of carboxylic acid groups (broad SMARTS) is 1. The second-order valence-corrected chi connectivity index (χ2v) is 8.49. The molecule has 1 N–H and O–H groups in total. The molecule has 35 heavy (non-hydrogen) atoms. The van der Waals surface area contributed by atoms with Gasteiger partial charge in [0.05, 0.1) is 32.6 Å². The first-order valence-corrected chi connectivity index (χ1v) is 11.4. The third-order valence-corrected chi connectivity index (χ3v) is 6.37. The van der Waals surface area contributed by atoms with Gasteiger partial charge in [-0.3, -0.25) is 14.6 Å². The highest BCUT2D eigenvalue weighted by atomic mass is 16.5. The normalized spacial score (nSPS) is 18.7. The van der Waals surface area contributed by atoms with E-state index in [9.17, 15) is 19.5 Å². The van der Waals surface area contributed by atoms with Crippen LogP contribution in [0.15, 0.2) is 36.5 Å². The molecule has 11 heteroatoms. The number of carbonyl (C=O) groups is 3. The number of methoxy groups -OCH3 is 2. The predicted molar refractivity (Wildman–Crippen MR) is 128 cm³/mol. The Morgan fingerprint density at radius 3 is 2.54 bits per heavy atom. The summed E-state index contributed by atoms with van der Waals surface area (Å²) in [5.41, 5.74) is 1.29. The molecule has 2 aliphatic rings. The lowest BCUT2D eigenvalue weighted by Crippen LogP contribution is -2.53. The Morgan fingerprint density at radius 2 is 1.91 bits per heavy atom. The van der Waals surface area contributed by atoms with Gasteiger partial charge in [-0.25, -0.2) is 14.6 Å². The molecule has 1 aromatic heterocycles. The third kappa shape index (κ3) is 4.93. The molecule has 1 atom stereocenters. The zero-order valence-corrected chi connectivity index (χ0v) is 20.0. The number of pyridine rings is 1. The quantitative estimate of drug-likeness (QED) is 0.667. The molecule has 11 nitrogen and oxygen atoms in total. The minimum Gasteiger partial charge on any atom is -0.497 e. The molecule has 0 bridgehead atoms. The highest BCUT2D eigenvalue weighted by molar-refractivity contribution is 6.05.